The van der Waals surface area contributed by atoms with Crippen molar-refractivity contribution in [3.8, 4) is 0 Å². The maximum atomic E-state index is 5.88. The first-order valence-corrected chi connectivity index (χ1v) is 6.36. The number of thiazole rings is 1. The van der Waals surface area contributed by atoms with Gasteiger partial charge in [-0.25, -0.2) is 9.97 Å². The third kappa shape index (κ3) is 2.74. The minimum absolute atomic E-state index is 0.116. The number of rotatable bonds is 3. The third-order valence-corrected chi connectivity index (χ3v) is 3.57. The van der Waals surface area contributed by atoms with E-state index in [-0.39, 0.29) is 6.04 Å². The van der Waals surface area contributed by atoms with Crippen molar-refractivity contribution in [2.75, 3.05) is 11.1 Å². The van der Waals surface area contributed by atoms with Gasteiger partial charge in [-0.2, -0.15) is 0 Å². The van der Waals surface area contributed by atoms with Crippen LogP contribution in [-0.2, 0) is 0 Å². The van der Waals surface area contributed by atoms with Crippen molar-refractivity contribution in [3.63, 3.8) is 0 Å². The summed E-state index contributed by atoms with van der Waals surface area (Å²) >= 11 is 1.64. The van der Waals surface area contributed by atoms with Crippen molar-refractivity contribution in [2.45, 2.75) is 26.8 Å². The van der Waals surface area contributed by atoms with Gasteiger partial charge in [0.25, 0.3) is 0 Å². The lowest BCUT2D eigenvalue weighted by atomic mass is 10.3. The van der Waals surface area contributed by atoms with E-state index in [0.717, 1.165) is 22.2 Å². The summed E-state index contributed by atoms with van der Waals surface area (Å²) in [5, 5.41) is 6.38. The summed E-state index contributed by atoms with van der Waals surface area (Å²) in [6.07, 6.45) is 0. The Labute approximate surface area is 105 Å². The molecule has 2 aromatic rings. The van der Waals surface area contributed by atoms with E-state index in [1.807, 2.05) is 31.4 Å². The maximum absolute atomic E-state index is 5.88. The fourth-order valence-corrected chi connectivity index (χ4v) is 2.32. The van der Waals surface area contributed by atoms with Crippen LogP contribution in [0.3, 0.4) is 0 Å². The summed E-state index contributed by atoms with van der Waals surface area (Å²) in [5.74, 6) is 0.727. The van der Waals surface area contributed by atoms with Crippen LogP contribution in [0.25, 0.3) is 0 Å². The Morgan fingerprint density at radius 2 is 2.00 bits per heavy atom. The summed E-state index contributed by atoms with van der Waals surface area (Å²) in [6, 6.07) is 3.88. The van der Waals surface area contributed by atoms with E-state index in [4.69, 9.17) is 5.73 Å². The van der Waals surface area contributed by atoms with Gasteiger partial charge < -0.3 is 11.1 Å². The molecule has 0 saturated carbocycles. The number of aromatic nitrogens is 2. The first-order chi connectivity index (χ1) is 8.06. The summed E-state index contributed by atoms with van der Waals surface area (Å²) < 4.78 is 0. The Balaban J connectivity index is 2.18. The zero-order valence-corrected chi connectivity index (χ0v) is 11.0. The van der Waals surface area contributed by atoms with Crippen LogP contribution in [0.2, 0.25) is 0 Å². The zero-order valence-electron chi connectivity index (χ0n) is 10.2. The van der Waals surface area contributed by atoms with E-state index < -0.39 is 0 Å². The smallest absolute Gasteiger partial charge is 0.150 e. The zero-order chi connectivity index (χ0) is 12.4. The van der Waals surface area contributed by atoms with Crippen LogP contribution in [0, 0.1) is 13.8 Å². The fourth-order valence-electron chi connectivity index (χ4n) is 1.52. The van der Waals surface area contributed by atoms with E-state index in [2.05, 4.69) is 22.2 Å². The molecule has 0 saturated heterocycles. The van der Waals surface area contributed by atoms with E-state index in [1.54, 1.807) is 11.3 Å². The molecule has 2 rings (SSSR count). The molecule has 0 spiro atoms. The highest BCUT2D eigenvalue weighted by Gasteiger charge is 2.11. The Morgan fingerprint density at radius 3 is 2.65 bits per heavy atom. The number of hydrogen-bond acceptors (Lipinski definition) is 5. The molecule has 0 amide bonds. The van der Waals surface area contributed by atoms with Crippen LogP contribution in [0.5, 0.6) is 0 Å². The molecule has 90 valence electrons. The van der Waals surface area contributed by atoms with Gasteiger partial charge in [0.2, 0.25) is 0 Å². The van der Waals surface area contributed by atoms with E-state index in [1.165, 1.54) is 0 Å². The standard InChI is InChI=1S/C12H16N4S/c1-7-4-5-10(13)11(14-7)16-9(3)12-15-8(2)6-17-12/h4-6,9H,13H2,1-3H3,(H,14,16). The minimum Gasteiger partial charge on any atom is -0.396 e. The first-order valence-electron chi connectivity index (χ1n) is 5.48. The lowest BCUT2D eigenvalue weighted by Gasteiger charge is -2.14. The van der Waals surface area contributed by atoms with Crippen LogP contribution < -0.4 is 11.1 Å². The molecule has 0 aliphatic heterocycles. The van der Waals surface area contributed by atoms with Gasteiger partial charge in [0.1, 0.15) is 10.8 Å². The molecule has 0 bridgehead atoms. The minimum atomic E-state index is 0.116. The number of anilines is 2. The van der Waals surface area contributed by atoms with Crippen molar-refractivity contribution in [3.05, 3.63) is 33.9 Å². The summed E-state index contributed by atoms with van der Waals surface area (Å²) in [5.41, 5.74) is 8.54. The topological polar surface area (TPSA) is 63.8 Å². The molecule has 2 heterocycles. The molecule has 0 fully saturated rings. The number of nitrogen functional groups attached to an aromatic ring is 1. The predicted octanol–water partition coefficient (Wildman–Crippen LogP) is 2.91. The van der Waals surface area contributed by atoms with Gasteiger partial charge in [0.05, 0.1) is 11.7 Å². The SMILES string of the molecule is Cc1csc(C(C)Nc2nc(C)ccc2N)n1. The van der Waals surface area contributed by atoms with Crippen molar-refractivity contribution >= 4 is 22.8 Å². The Hall–Kier alpha value is -1.62. The average molecular weight is 248 g/mol. The molecule has 0 aromatic carbocycles. The lowest BCUT2D eigenvalue weighted by molar-refractivity contribution is 0.854. The number of aryl methyl sites for hydroxylation is 2. The monoisotopic (exact) mass is 248 g/mol. The Kier molecular flexibility index (Phi) is 3.28. The molecule has 5 heteroatoms. The number of nitrogens with zero attached hydrogens (tertiary/aromatic N) is 2. The summed E-state index contributed by atoms with van der Waals surface area (Å²) in [7, 11) is 0. The highest BCUT2D eigenvalue weighted by Crippen LogP contribution is 2.24. The molecule has 0 aliphatic carbocycles. The van der Waals surface area contributed by atoms with Gasteiger partial charge in [-0.3, -0.25) is 0 Å². The molecule has 0 radical (unpaired) electrons. The van der Waals surface area contributed by atoms with Gasteiger partial charge in [0.15, 0.2) is 0 Å². The second-order valence-electron chi connectivity index (χ2n) is 4.08. The average Bonchev–Trinajstić information content (AvgIpc) is 2.70. The van der Waals surface area contributed by atoms with Gasteiger partial charge >= 0.3 is 0 Å². The second-order valence-corrected chi connectivity index (χ2v) is 4.97. The van der Waals surface area contributed by atoms with Crippen LogP contribution in [-0.4, -0.2) is 9.97 Å². The highest BCUT2D eigenvalue weighted by atomic mass is 32.1. The van der Waals surface area contributed by atoms with Crippen LogP contribution in [0.15, 0.2) is 17.5 Å². The fraction of sp³-hybridized carbons (Fsp3) is 0.333. The van der Waals surface area contributed by atoms with E-state index in [0.29, 0.717) is 5.69 Å². The largest absolute Gasteiger partial charge is 0.396 e. The number of hydrogen-bond donors (Lipinski definition) is 2. The molecule has 0 aliphatic rings. The third-order valence-electron chi connectivity index (χ3n) is 2.43. The summed E-state index contributed by atoms with van der Waals surface area (Å²) in [4.78, 5) is 8.83. The summed E-state index contributed by atoms with van der Waals surface area (Å²) in [6.45, 7) is 6.00. The molecule has 4 nitrogen and oxygen atoms in total. The van der Waals surface area contributed by atoms with Crippen LogP contribution >= 0.6 is 11.3 Å². The molecule has 2 aromatic heterocycles. The van der Waals surface area contributed by atoms with Crippen LogP contribution in [0.1, 0.15) is 29.4 Å². The molecule has 3 N–H and O–H groups in total. The molecule has 17 heavy (non-hydrogen) atoms. The maximum Gasteiger partial charge on any atom is 0.150 e. The predicted molar refractivity (Wildman–Crippen MR) is 72.3 cm³/mol. The van der Waals surface area contributed by atoms with Crippen molar-refractivity contribution in [2.24, 2.45) is 0 Å². The van der Waals surface area contributed by atoms with Crippen LogP contribution in [0.4, 0.5) is 11.5 Å². The number of nitrogens with two attached hydrogens (primary N) is 1. The molecule has 1 atom stereocenters. The van der Waals surface area contributed by atoms with Gasteiger partial charge in [-0.1, -0.05) is 0 Å². The second kappa shape index (κ2) is 4.71. The van der Waals surface area contributed by atoms with Crippen molar-refractivity contribution in [1.29, 1.82) is 0 Å². The van der Waals surface area contributed by atoms with Crippen molar-refractivity contribution in [1.82, 2.24) is 9.97 Å². The van der Waals surface area contributed by atoms with Gasteiger partial charge in [-0.15, -0.1) is 11.3 Å². The normalized spacial score (nSPS) is 12.4. The number of pyridine rings is 1. The van der Waals surface area contributed by atoms with Gasteiger partial charge in [0, 0.05) is 16.8 Å². The molecular formula is C12H16N4S. The Bertz CT molecular complexity index is 521. The Morgan fingerprint density at radius 1 is 1.24 bits per heavy atom. The van der Waals surface area contributed by atoms with Crippen molar-refractivity contribution < 1.29 is 0 Å². The first kappa shape index (κ1) is 11.9. The lowest BCUT2D eigenvalue weighted by Crippen LogP contribution is -2.10. The molecular weight excluding hydrogens is 232 g/mol. The van der Waals surface area contributed by atoms with E-state index in [9.17, 15) is 0 Å². The number of nitrogens with one attached hydrogen (secondary N) is 1. The van der Waals surface area contributed by atoms with E-state index >= 15 is 0 Å². The molecule has 1 unspecified atom stereocenters. The highest BCUT2D eigenvalue weighted by molar-refractivity contribution is 7.09. The quantitative estimate of drug-likeness (QED) is 0.876. The van der Waals surface area contributed by atoms with Gasteiger partial charge in [-0.05, 0) is 32.9 Å².